The Morgan fingerprint density at radius 2 is 1.78 bits per heavy atom. The minimum atomic E-state index is 0.325. The highest BCUT2D eigenvalue weighted by molar-refractivity contribution is 5.36. The van der Waals surface area contributed by atoms with Crippen LogP contribution in [0.3, 0.4) is 0 Å². The largest absolute Gasteiger partial charge is 0.381 e. The Bertz CT molecular complexity index is 535. The smallest absolute Gasteiger partial charge is 0.169 e. The average Bonchev–Trinajstić information content (AvgIpc) is 2.57. The normalized spacial score (nSPS) is 11.2. The highest BCUT2D eigenvalue weighted by Crippen LogP contribution is 2.20. The number of aryl methyl sites for hydroxylation is 2. The Balaban J connectivity index is 2.34. The van der Waals surface area contributed by atoms with Crippen molar-refractivity contribution in [1.29, 1.82) is 0 Å². The molecule has 0 aliphatic heterocycles. The SMILES string of the molecule is Cc1cc(C)cc(Cn2nnc(N)c2C(C)C)c1. The Hall–Kier alpha value is -1.84. The van der Waals surface area contributed by atoms with E-state index >= 15 is 0 Å². The lowest BCUT2D eigenvalue weighted by molar-refractivity contribution is 0.597. The van der Waals surface area contributed by atoms with Gasteiger partial charge in [-0.15, -0.1) is 5.10 Å². The summed E-state index contributed by atoms with van der Waals surface area (Å²) in [4.78, 5) is 0. The number of nitrogens with two attached hydrogens (primary N) is 1. The van der Waals surface area contributed by atoms with Crippen LogP contribution in [0.25, 0.3) is 0 Å². The molecule has 0 unspecified atom stereocenters. The summed E-state index contributed by atoms with van der Waals surface area (Å²) < 4.78 is 1.90. The molecule has 2 rings (SSSR count). The summed E-state index contributed by atoms with van der Waals surface area (Å²) in [5.74, 6) is 0.861. The molecule has 0 aliphatic carbocycles. The van der Waals surface area contributed by atoms with Crippen molar-refractivity contribution in [1.82, 2.24) is 15.0 Å². The van der Waals surface area contributed by atoms with Gasteiger partial charge in [0.15, 0.2) is 5.82 Å². The summed E-state index contributed by atoms with van der Waals surface area (Å²) in [5.41, 5.74) is 10.6. The maximum absolute atomic E-state index is 5.86. The topological polar surface area (TPSA) is 56.7 Å². The molecule has 0 radical (unpaired) electrons. The molecule has 1 aromatic carbocycles. The molecule has 4 nitrogen and oxygen atoms in total. The summed E-state index contributed by atoms with van der Waals surface area (Å²) in [7, 11) is 0. The fourth-order valence-electron chi connectivity index (χ4n) is 2.38. The molecule has 1 aromatic heterocycles. The molecule has 4 heteroatoms. The second-order valence-corrected chi connectivity index (χ2v) is 5.17. The van der Waals surface area contributed by atoms with Crippen LogP contribution in [0.5, 0.6) is 0 Å². The molecule has 0 spiro atoms. The van der Waals surface area contributed by atoms with E-state index in [-0.39, 0.29) is 0 Å². The van der Waals surface area contributed by atoms with Crippen molar-refractivity contribution in [3.05, 3.63) is 40.6 Å². The molecule has 0 atom stereocenters. The van der Waals surface area contributed by atoms with E-state index < -0.39 is 0 Å². The number of nitrogen functional groups attached to an aromatic ring is 1. The van der Waals surface area contributed by atoms with Crippen LogP contribution in [0.15, 0.2) is 18.2 Å². The molecular weight excluding hydrogens is 224 g/mol. The molecule has 2 aromatic rings. The van der Waals surface area contributed by atoms with Gasteiger partial charge in [-0.05, 0) is 25.3 Å². The zero-order valence-corrected chi connectivity index (χ0v) is 11.4. The van der Waals surface area contributed by atoms with Crippen molar-refractivity contribution in [3.63, 3.8) is 0 Å². The van der Waals surface area contributed by atoms with Gasteiger partial charge in [0.1, 0.15) is 0 Å². The Kier molecular flexibility index (Phi) is 3.36. The van der Waals surface area contributed by atoms with Crippen LogP contribution in [-0.2, 0) is 6.54 Å². The Morgan fingerprint density at radius 3 is 2.33 bits per heavy atom. The first kappa shape index (κ1) is 12.6. The third-order valence-corrected chi connectivity index (χ3v) is 2.96. The van der Waals surface area contributed by atoms with Gasteiger partial charge in [-0.1, -0.05) is 48.4 Å². The number of hydrogen-bond acceptors (Lipinski definition) is 3. The van der Waals surface area contributed by atoms with E-state index in [1.165, 1.54) is 16.7 Å². The summed E-state index contributed by atoms with van der Waals surface area (Å²) in [6.07, 6.45) is 0. The number of nitrogens with zero attached hydrogens (tertiary/aromatic N) is 3. The molecule has 0 bridgehead atoms. The van der Waals surface area contributed by atoms with Crippen LogP contribution in [-0.4, -0.2) is 15.0 Å². The van der Waals surface area contributed by atoms with Crippen molar-refractivity contribution in [2.75, 3.05) is 5.73 Å². The zero-order valence-electron chi connectivity index (χ0n) is 11.4. The summed E-state index contributed by atoms with van der Waals surface area (Å²) in [6.45, 7) is 9.14. The van der Waals surface area contributed by atoms with Crippen molar-refractivity contribution in [2.24, 2.45) is 0 Å². The minimum absolute atomic E-state index is 0.325. The van der Waals surface area contributed by atoms with E-state index in [2.05, 4.69) is 56.2 Å². The molecule has 18 heavy (non-hydrogen) atoms. The van der Waals surface area contributed by atoms with Gasteiger partial charge in [-0.3, -0.25) is 0 Å². The average molecular weight is 244 g/mol. The fraction of sp³-hybridized carbons (Fsp3) is 0.429. The van der Waals surface area contributed by atoms with Gasteiger partial charge >= 0.3 is 0 Å². The molecule has 0 aliphatic rings. The van der Waals surface area contributed by atoms with Gasteiger partial charge in [0.2, 0.25) is 0 Å². The van der Waals surface area contributed by atoms with E-state index in [0.29, 0.717) is 11.7 Å². The first-order chi connectivity index (χ1) is 8.47. The zero-order chi connectivity index (χ0) is 13.3. The van der Waals surface area contributed by atoms with Crippen LogP contribution in [0.2, 0.25) is 0 Å². The molecule has 0 fully saturated rings. The summed E-state index contributed by atoms with van der Waals surface area (Å²) in [6, 6.07) is 6.52. The van der Waals surface area contributed by atoms with Gasteiger partial charge < -0.3 is 5.73 Å². The lowest BCUT2D eigenvalue weighted by Crippen LogP contribution is -2.09. The highest BCUT2D eigenvalue weighted by Gasteiger charge is 2.13. The summed E-state index contributed by atoms with van der Waals surface area (Å²) >= 11 is 0. The standard InChI is InChI=1S/C14H20N4/c1-9(2)13-14(15)16-17-18(13)8-12-6-10(3)5-11(4)7-12/h5-7,9H,8,15H2,1-4H3. The van der Waals surface area contributed by atoms with E-state index in [4.69, 9.17) is 5.73 Å². The number of rotatable bonds is 3. The van der Waals surface area contributed by atoms with Gasteiger partial charge in [-0.2, -0.15) is 0 Å². The lowest BCUT2D eigenvalue weighted by Gasteiger charge is -2.10. The monoisotopic (exact) mass is 244 g/mol. The second-order valence-electron chi connectivity index (χ2n) is 5.17. The number of anilines is 1. The van der Waals surface area contributed by atoms with Crippen molar-refractivity contribution in [3.8, 4) is 0 Å². The minimum Gasteiger partial charge on any atom is -0.381 e. The number of aromatic nitrogens is 3. The molecule has 0 saturated carbocycles. The van der Waals surface area contributed by atoms with Gasteiger partial charge in [0.05, 0.1) is 12.2 Å². The first-order valence-corrected chi connectivity index (χ1v) is 6.23. The van der Waals surface area contributed by atoms with Crippen LogP contribution in [0, 0.1) is 13.8 Å². The maximum atomic E-state index is 5.86. The third kappa shape index (κ3) is 2.53. The van der Waals surface area contributed by atoms with Gasteiger partial charge in [0, 0.05) is 0 Å². The molecule has 0 saturated heterocycles. The van der Waals surface area contributed by atoms with Crippen LogP contribution < -0.4 is 5.73 Å². The lowest BCUT2D eigenvalue weighted by atomic mass is 10.1. The molecule has 2 N–H and O–H groups in total. The van der Waals surface area contributed by atoms with Crippen molar-refractivity contribution >= 4 is 5.82 Å². The predicted molar refractivity (Wildman–Crippen MR) is 73.5 cm³/mol. The number of hydrogen-bond donors (Lipinski definition) is 1. The quantitative estimate of drug-likeness (QED) is 0.903. The van der Waals surface area contributed by atoms with Crippen LogP contribution >= 0.6 is 0 Å². The second kappa shape index (κ2) is 4.80. The van der Waals surface area contributed by atoms with E-state index in [0.717, 1.165) is 12.2 Å². The van der Waals surface area contributed by atoms with E-state index in [1.54, 1.807) is 0 Å². The maximum Gasteiger partial charge on any atom is 0.169 e. The first-order valence-electron chi connectivity index (χ1n) is 6.23. The molecule has 96 valence electrons. The molecule has 1 heterocycles. The van der Waals surface area contributed by atoms with Crippen LogP contribution in [0.1, 0.15) is 42.1 Å². The van der Waals surface area contributed by atoms with E-state index in [9.17, 15) is 0 Å². The molecule has 0 amide bonds. The van der Waals surface area contributed by atoms with Crippen molar-refractivity contribution in [2.45, 2.75) is 40.2 Å². The Morgan fingerprint density at radius 1 is 1.17 bits per heavy atom. The number of benzene rings is 1. The summed E-state index contributed by atoms with van der Waals surface area (Å²) in [5, 5.41) is 8.10. The van der Waals surface area contributed by atoms with Crippen molar-refractivity contribution < 1.29 is 0 Å². The fourth-order valence-corrected chi connectivity index (χ4v) is 2.38. The highest BCUT2D eigenvalue weighted by atomic mass is 15.4. The van der Waals surface area contributed by atoms with E-state index in [1.807, 2.05) is 4.68 Å². The van der Waals surface area contributed by atoms with Gasteiger partial charge in [0.25, 0.3) is 0 Å². The third-order valence-electron chi connectivity index (χ3n) is 2.96. The van der Waals surface area contributed by atoms with Crippen LogP contribution in [0.4, 0.5) is 5.82 Å². The van der Waals surface area contributed by atoms with Gasteiger partial charge in [-0.25, -0.2) is 4.68 Å². The Labute approximate surface area is 108 Å². The molecular formula is C14H20N4. The predicted octanol–water partition coefficient (Wildman–Crippen LogP) is 2.65.